The van der Waals surface area contributed by atoms with Crippen LogP contribution in [0.5, 0.6) is 0 Å². The zero-order chi connectivity index (χ0) is 25.6. The third-order valence-corrected chi connectivity index (χ3v) is 8.58. The van der Waals surface area contributed by atoms with Crippen molar-refractivity contribution in [3.05, 3.63) is 58.2 Å². The van der Waals surface area contributed by atoms with Crippen LogP contribution in [-0.4, -0.2) is 0 Å². The topological polar surface area (TPSA) is 72.3 Å². The van der Waals surface area contributed by atoms with E-state index in [0.717, 1.165) is 24.3 Å². The number of hydrogen-bond donors (Lipinski definition) is 0. The second-order valence-corrected chi connectivity index (χ2v) is 9.95. The second-order valence-electron chi connectivity index (χ2n) is 7.91. The zero-order valence-electron chi connectivity index (χ0n) is 17.3. The number of rotatable bonds is 0. The van der Waals surface area contributed by atoms with E-state index in [1.807, 2.05) is 0 Å². The highest BCUT2D eigenvalue weighted by Gasteiger charge is 2.33. The number of nitrogens with zero attached hydrogens (tertiary/aromatic N) is 4. The van der Waals surface area contributed by atoms with Crippen LogP contribution in [0.2, 0.25) is 0 Å². The van der Waals surface area contributed by atoms with Crippen molar-refractivity contribution < 1.29 is 26.3 Å². The normalized spacial score (nSPS) is 14.1. The molecular weight excluding hydrogens is 522 g/mol. The summed E-state index contributed by atoms with van der Waals surface area (Å²) in [5.41, 5.74) is -1.74. The van der Waals surface area contributed by atoms with Crippen molar-refractivity contribution in [2.45, 2.75) is 12.4 Å². The Kier molecular flexibility index (Phi) is 4.53. The van der Waals surface area contributed by atoms with Gasteiger partial charge >= 0.3 is 12.4 Å². The van der Waals surface area contributed by atoms with Crippen LogP contribution in [0.4, 0.5) is 26.3 Å². The molecule has 0 N–H and O–H groups in total. The lowest BCUT2D eigenvalue weighted by molar-refractivity contribution is -0.138. The molecule has 2 aromatic heterocycles. The zero-order valence-corrected chi connectivity index (χ0v) is 19.0. The van der Waals surface area contributed by atoms with Crippen LogP contribution in [0.3, 0.4) is 0 Å². The molecule has 0 atom stereocenters. The summed E-state index contributed by atoms with van der Waals surface area (Å²) in [4.78, 5) is 7.61. The molecule has 12 heteroatoms. The van der Waals surface area contributed by atoms with Crippen LogP contribution in [0.15, 0.2) is 46.4 Å². The predicted molar refractivity (Wildman–Crippen MR) is 124 cm³/mol. The average Bonchev–Trinajstić information content (AvgIpc) is 3.50. The highest BCUT2D eigenvalue weighted by molar-refractivity contribution is 7.37. The minimum absolute atomic E-state index is 0.118. The molecule has 0 aliphatic carbocycles. The Morgan fingerprint density at radius 1 is 0.583 bits per heavy atom. The summed E-state index contributed by atoms with van der Waals surface area (Å²) in [5.74, 6) is 0. The molecule has 0 radical (unpaired) electrons. The smallest absolute Gasteiger partial charge is 0.172 e. The lowest BCUT2D eigenvalue weighted by Gasteiger charge is -2.06. The molecule has 6 aromatic rings. The van der Waals surface area contributed by atoms with E-state index >= 15 is 0 Å². The molecule has 2 heterocycles. The molecule has 0 spiro atoms. The second kappa shape index (κ2) is 7.26. The Labute approximate surface area is 203 Å². The number of fused-ring (bicyclic) bond motifs is 9. The van der Waals surface area contributed by atoms with Crippen molar-refractivity contribution in [2.75, 3.05) is 0 Å². The number of alkyl halides is 6. The SMILES string of the molecule is N#CN=c1c2cc(C(F)(F)F)ccc2c2c1sc1c2sc2c(=NC#N)c3cc(C(F)(F)F)ccc3c21. The van der Waals surface area contributed by atoms with E-state index in [0.29, 0.717) is 40.3 Å². The van der Waals surface area contributed by atoms with Crippen molar-refractivity contribution in [3.63, 3.8) is 0 Å². The first-order chi connectivity index (χ1) is 17.0. The summed E-state index contributed by atoms with van der Waals surface area (Å²) >= 11 is 2.39. The fourth-order valence-electron chi connectivity index (χ4n) is 4.59. The van der Waals surface area contributed by atoms with Crippen LogP contribution in [-0.2, 0) is 12.4 Å². The van der Waals surface area contributed by atoms with Crippen molar-refractivity contribution in [1.29, 1.82) is 10.5 Å². The van der Waals surface area contributed by atoms with E-state index in [4.69, 9.17) is 0 Å². The molecule has 4 nitrogen and oxygen atoms in total. The molecule has 176 valence electrons. The Morgan fingerprint density at radius 3 is 1.31 bits per heavy atom. The first-order valence-corrected chi connectivity index (χ1v) is 11.7. The van der Waals surface area contributed by atoms with Crippen molar-refractivity contribution in [2.24, 2.45) is 9.98 Å². The number of hydrogen-bond acceptors (Lipinski definition) is 6. The molecule has 0 saturated heterocycles. The van der Waals surface area contributed by atoms with Crippen molar-refractivity contribution in [1.82, 2.24) is 0 Å². The van der Waals surface area contributed by atoms with E-state index in [1.165, 1.54) is 34.8 Å². The van der Waals surface area contributed by atoms with E-state index in [-0.39, 0.29) is 21.5 Å². The maximum absolute atomic E-state index is 13.3. The quantitative estimate of drug-likeness (QED) is 0.154. The van der Waals surface area contributed by atoms with Crippen LogP contribution in [0.25, 0.3) is 51.1 Å². The summed E-state index contributed by atoms with van der Waals surface area (Å²) in [6.45, 7) is 0. The van der Waals surface area contributed by atoms with E-state index < -0.39 is 23.5 Å². The van der Waals surface area contributed by atoms with Crippen LogP contribution in [0.1, 0.15) is 11.1 Å². The van der Waals surface area contributed by atoms with Gasteiger partial charge in [0.25, 0.3) is 0 Å². The Balaban J connectivity index is 1.80. The van der Waals surface area contributed by atoms with Crippen molar-refractivity contribution >= 4 is 73.8 Å². The minimum Gasteiger partial charge on any atom is -0.172 e. The molecule has 0 bridgehead atoms. The molecular formula is C24H6F6N4S2. The van der Waals surface area contributed by atoms with Crippen LogP contribution >= 0.6 is 22.7 Å². The van der Waals surface area contributed by atoms with E-state index in [9.17, 15) is 36.9 Å². The third kappa shape index (κ3) is 2.98. The molecule has 0 aliphatic rings. The highest BCUT2D eigenvalue weighted by atomic mass is 32.1. The fraction of sp³-hybridized carbons (Fsp3) is 0.0833. The summed E-state index contributed by atoms with van der Waals surface area (Å²) in [5, 5.41) is 21.2. The summed E-state index contributed by atoms with van der Waals surface area (Å²) < 4.78 is 82.4. The van der Waals surface area contributed by atoms with Gasteiger partial charge in [-0.15, -0.1) is 22.7 Å². The maximum Gasteiger partial charge on any atom is 0.416 e. The standard InChI is InChI=1S/C24H6F6N4S2/c25-23(26,27)9-1-3-11-13(5-9)17(33-7-31)19-15(11)21-22(35-19)16-12-4-2-10(24(28,29)30)6-14(12)18(34-8-32)20(16)36-21/h1-6H. The van der Waals surface area contributed by atoms with Crippen molar-refractivity contribution in [3.8, 4) is 12.4 Å². The first-order valence-electron chi connectivity index (χ1n) is 10.0. The number of benzene rings is 2. The first kappa shape index (κ1) is 22.5. The number of thiophene rings is 2. The lowest BCUT2D eigenvalue weighted by Crippen LogP contribution is -2.05. The Morgan fingerprint density at radius 2 is 0.972 bits per heavy atom. The van der Waals surface area contributed by atoms with E-state index in [2.05, 4.69) is 9.98 Å². The molecule has 4 aromatic carbocycles. The van der Waals surface area contributed by atoms with Gasteiger partial charge in [-0.25, -0.2) is 0 Å². The predicted octanol–water partition coefficient (Wildman–Crippen LogP) is 7.25. The van der Waals surface area contributed by atoms with Gasteiger partial charge in [0.15, 0.2) is 0 Å². The minimum atomic E-state index is -4.58. The molecule has 6 rings (SSSR count). The average molecular weight is 528 g/mol. The molecule has 0 fully saturated rings. The summed E-state index contributed by atoms with van der Waals surface area (Å²) in [7, 11) is 0. The molecule has 0 saturated carbocycles. The largest absolute Gasteiger partial charge is 0.416 e. The van der Waals surface area contributed by atoms with Gasteiger partial charge in [0.05, 0.1) is 29.9 Å². The van der Waals surface area contributed by atoms with Gasteiger partial charge in [0.2, 0.25) is 12.4 Å². The highest BCUT2D eigenvalue weighted by Crippen LogP contribution is 2.48. The lowest BCUT2D eigenvalue weighted by atomic mass is 10.1. The molecule has 0 unspecified atom stereocenters. The fourth-order valence-corrected chi connectivity index (χ4v) is 7.53. The van der Waals surface area contributed by atoms with Crippen LogP contribution in [0, 0.1) is 22.9 Å². The van der Waals surface area contributed by atoms with Gasteiger partial charge in [-0.3, -0.25) is 0 Å². The Hall–Kier alpha value is -4.00. The molecule has 36 heavy (non-hydrogen) atoms. The van der Waals surface area contributed by atoms with Gasteiger partial charge in [-0.1, -0.05) is 12.1 Å². The molecule has 0 amide bonds. The monoisotopic (exact) mass is 528 g/mol. The van der Waals surface area contributed by atoms with E-state index in [1.54, 1.807) is 12.4 Å². The summed E-state index contributed by atoms with van der Waals surface area (Å²) in [6.07, 6.45) is -5.85. The number of nitriles is 2. The van der Waals surface area contributed by atoms with Crippen LogP contribution < -0.4 is 10.7 Å². The number of halogens is 6. The van der Waals surface area contributed by atoms with Gasteiger partial charge in [-0.05, 0) is 35.0 Å². The maximum atomic E-state index is 13.3. The molecule has 0 aliphatic heterocycles. The Bertz CT molecular complexity index is 1950. The van der Waals surface area contributed by atoms with Gasteiger partial charge < -0.3 is 0 Å². The van der Waals surface area contributed by atoms with Gasteiger partial charge in [0.1, 0.15) is 10.7 Å². The third-order valence-electron chi connectivity index (χ3n) is 6.02. The van der Waals surface area contributed by atoms with Gasteiger partial charge in [0, 0.05) is 21.5 Å². The van der Waals surface area contributed by atoms with Gasteiger partial charge in [-0.2, -0.15) is 46.9 Å². The summed E-state index contributed by atoms with van der Waals surface area (Å²) in [6, 6.07) is 6.51.